The van der Waals surface area contributed by atoms with E-state index in [-0.39, 0.29) is 6.61 Å². The molecule has 90 valence electrons. The van der Waals surface area contributed by atoms with Gasteiger partial charge in [-0.3, -0.25) is 9.45 Å². The van der Waals surface area contributed by atoms with Crippen molar-refractivity contribution in [2.75, 3.05) is 19.7 Å². The van der Waals surface area contributed by atoms with Crippen LogP contribution in [0.4, 0.5) is 0 Å². The van der Waals surface area contributed by atoms with E-state index in [2.05, 4.69) is 0 Å². The van der Waals surface area contributed by atoms with Crippen molar-refractivity contribution in [3.05, 3.63) is 0 Å². The number of piperidine rings is 1. The largest absolute Gasteiger partial charge is 0.396 e. The number of aliphatic hydroxyl groups is 1. The molecule has 1 aliphatic heterocycles. The second-order valence-electron chi connectivity index (χ2n) is 3.93. The Kier molecular flexibility index (Phi) is 4.98. The van der Waals surface area contributed by atoms with Crippen LogP contribution in [0.25, 0.3) is 0 Å². The van der Waals surface area contributed by atoms with E-state index in [4.69, 9.17) is 9.66 Å². The third-order valence-corrected chi connectivity index (χ3v) is 3.97. The van der Waals surface area contributed by atoms with Gasteiger partial charge in [-0.1, -0.05) is 6.42 Å². The van der Waals surface area contributed by atoms with Crippen molar-refractivity contribution in [2.24, 2.45) is 0 Å². The molecule has 0 radical (unpaired) electrons. The molecule has 0 spiro atoms. The maximum absolute atomic E-state index is 11.2. The fraction of sp³-hybridized carbons (Fsp3) is 1.00. The second-order valence-corrected chi connectivity index (χ2v) is 5.51. The first-order valence-electron chi connectivity index (χ1n) is 5.37. The van der Waals surface area contributed by atoms with E-state index in [1.807, 2.05) is 0 Å². The molecule has 5 nitrogen and oxygen atoms in total. The summed E-state index contributed by atoms with van der Waals surface area (Å²) >= 11 is 0. The molecule has 1 atom stereocenters. The Hall–Kier alpha value is -0.170. The molecule has 0 aliphatic carbocycles. The third kappa shape index (κ3) is 4.06. The maximum atomic E-state index is 11.2. The molecule has 0 aromatic carbocycles. The molecule has 0 saturated carbocycles. The molecule has 1 aliphatic rings. The Morgan fingerprint density at radius 1 is 1.20 bits per heavy atom. The maximum Gasteiger partial charge on any atom is 0.281 e. The molecule has 1 rings (SSSR count). The van der Waals surface area contributed by atoms with Crippen LogP contribution < -0.4 is 0 Å². The van der Waals surface area contributed by atoms with Crippen LogP contribution in [-0.2, 0) is 10.1 Å². The smallest absolute Gasteiger partial charge is 0.281 e. The first kappa shape index (κ1) is 12.9. The monoisotopic (exact) mass is 237 g/mol. The minimum atomic E-state index is -4.02. The Balaban J connectivity index is 2.62. The van der Waals surface area contributed by atoms with Crippen LogP contribution in [0.1, 0.15) is 32.1 Å². The summed E-state index contributed by atoms with van der Waals surface area (Å²) in [6, 6.07) is 0. The van der Waals surface area contributed by atoms with Crippen molar-refractivity contribution in [3.8, 4) is 0 Å². The number of nitrogens with zero attached hydrogens (tertiary/aromatic N) is 1. The lowest BCUT2D eigenvalue weighted by molar-refractivity contribution is 0.181. The van der Waals surface area contributed by atoms with E-state index in [0.29, 0.717) is 12.8 Å². The molecule has 0 bridgehead atoms. The Morgan fingerprint density at radius 2 is 1.80 bits per heavy atom. The predicted molar refractivity (Wildman–Crippen MR) is 57.1 cm³/mol. The highest BCUT2D eigenvalue weighted by atomic mass is 32.2. The summed E-state index contributed by atoms with van der Waals surface area (Å²) in [7, 11) is -4.02. The van der Waals surface area contributed by atoms with Crippen LogP contribution in [0, 0.1) is 0 Å². The van der Waals surface area contributed by atoms with E-state index >= 15 is 0 Å². The van der Waals surface area contributed by atoms with Crippen LogP contribution in [0.15, 0.2) is 0 Å². The highest BCUT2D eigenvalue weighted by molar-refractivity contribution is 7.86. The van der Waals surface area contributed by atoms with Crippen LogP contribution >= 0.6 is 0 Å². The molecule has 1 fully saturated rings. The average Bonchev–Trinajstić information content (AvgIpc) is 2.18. The third-order valence-electron chi connectivity index (χ3n) is 2.75. The number of rotatable bonds is 5. The van der Waals surface area contributed by atoms with E-state index in [1.54, 1.807) is 4.90 Å². The second kappa shape index (κ2) is 5.79. The SMILES string of the molecule is O=S(=O)(O)C(CCCO)N1CCCCC1. The molecular formula is C9H19NO4S. The lowest BCUT2D eigenvalue weighted by atomic mass is 10.1. The van der Waals surface area contributed by atoms with E-state index in [0.717, 1.165) is 32.4 Å². The first-order valence-corrected chi connectivity index (χ1v) is 6.87. The Morgan fingerprint density at radius 3 is 2.27 bits per heavy atom. The van der Waals surface area contributed by atoms with Crippen molar-refractivity contribution in [2.45, 2.75) is 37.5 Å². The van der Waals surface area contributed by atoms with Crippen molar-refractivity contribution >= 4 is 10.1 Å². The zero-order valence-electron chi connectivity index (χ0n) is 8.80. The van der Waals surface area contributed by atoms with Gasteiger partial charge in [0.05, 0.1) is 0 Å². The molecule has 1 heterocycles. The summed E-state index contributed by atoms with van der Waals surface area (Å²) in [6.45, 7) is 1.39. The van der Waals surface area contributed by atoms with Gasteiger partial charge in [0.1, 0.15) is 5.37 Å². The molecule has 1 saturated heterocycles. The summed E-state index contributed by atoms with van der Waals surface area (Å²) < 4.78 is 31.4. The summed E-state index contributed by atoms with van der Waals surface area (Å²) in [4.78, 5) is 1.80. The summed E-state index contributed by atoms with van der Waals surface area (Å²) in [5, 5.41) is 7.86. The molecule has 6 heteroatoms. The van der Waals surface area contributed by atoms with Gasteiger partial charge in [-0.2, -0.15) is 8.42 Å². The van der Waals surface area contributed by atoms with Gasteiger partial charge in [-0.05, 0) is 38.8 Å². The topological polar surface area (TPSA) is 77.8 Å². The minimum Gasteiger partial charge on any atom is -0.396 e. The van der Waals surface area contributed by atoms with Crippen molar-refractivity contribution in [1.82, 2.24) is 4.90 Å². The normalized spacial score (nSPS) is 21.5. The number of hydrogen-bond donors (Lipinski definition) is 2. The van der Waals surface area contributed by atoms with Gasteiger partial charge >= 0.3 is 0 Å². The van der Waals surface area contributed by atoms with Crippen LogP contribution in [0.5, 0.6) is 0 Å². The van der Waals surface area contributed by atoms with Crippen LogP contribution in [0.2, 0.25) is 0 Å². The van der Waals surface area contributed by atoms with Gasteiger partial charge in [0.2, 0.25) is 0 Å². The fourth-order valence-corrected chi connectivity index (χ4v) is 3.04. The van der Waals surface area contributed by atoms with E-state index in [9.17, 15) is 8.42 Å². The average molecular weight is 237 g/mol. The summed E-state index contributed by atoms with van der Waals surface area (Å²) in [5.41, 5.74) is 0. The van der Waals surface area contributed by atoms with Crippen molar-refractivity contribution in [3.63, 3.8) is 0 Å². The van der Waals surface area contributed by atoms with Crippen molar-refractivity contribution in [1.29, 1.82) is 0 Å². The summed E-state index contributed by atoms with van der Waals surface area (Å²) in [6.07, 6.45) is 3.78. The van der Waals surface area contributed by atoms with Crippen LogP contribution in [0.3, 0.4) is 0 Å². The van der Waals surface area contributed by atoms with Gasteiger partial charge < -0.3 is 5.11 Å². The minimum absolute atomic E-state index is 0.0418. The van der Waals surface area contributed by atoms with Gasteiger partial charge in [0.25, 0.3) is 10.1 Å². The highest BCUT2D eigenvalue weighted by Gasteiger charge is 2.29. The van der Waals surface area contributed by atoms with Gasteiger partial charge in [0, 0.05) is 6.61 Å². The number of hydrogen-bond acceptors (Lipinski definition) is 4. The van der Waals surface area contributed by atoms with Crippen LogP contribution in [-0.4, -0.2) is 48.0 Å². The fourth-order valence-electron chi connectivity index (χ4n) is 1.99. The standard InChI is InChI=1S/C9H19NO4S/c11-8-4-5-9(15(12,13)14)10-6-2-1-3-7-10/h9,11H,1-8H2,(H,12,13,14). The zero-order chi connectivity index (χ0) is 11.3. The molecule has 0 amide bonds. The lowest BCUT2D eigenvalue weighted by Crippen LogP contribution is -2.43. The van der Waals surface area contributed by atoms with E-state index in [1.165, 1.54) is 0 Å². The predicted octanol–water partition coefficient (Wildman–Crippen LogP) is 0.459. The molecular weight excluding hydrogens is 218 g/mol. The lowest BCUT2D eigenvalue weighted by Gasteiger charge is -2.32. The van der Waals surface area contributed by atoms with Gasteiger partial charge in [-0.25, -0.2) is 0 Å². The molecule has 0 aromatic rings. The first-order chi connectivity index (χ1) is 7.05. The Bertz CT molecular complexity index is 272. The number of aliphatic hydroxyl groups excluding tert-OH is 1. The van der Waals surface area contributed by atoms with Gasteiger partial charge in [-0.15, -0.1) is 0 Å². The molecule has 2 N–H and O–H groups in total. The molecule has 15 heavy (non-hydrogen) atoms. The highest BCUT2D eigenvalue weighted by Crippen LogP contribution is 2.18. The Labute approximate surface area is 90.8 Å². The molecule has 0 aromatic heterocycles. The number of likely N-dealkylation sites (tertiary alicyclic amines) is 1. The van der Waals surface area contributed by atoms with Crippen molar-refractivity contribution < 1.29 is 18.1 Å². The quantitative estimate of drug-likeness (QED) is 0.679. The zero-order valence-corrected chi connectivity index (χ0v) is 9.62. The molecule has 1 unspecified atom stereocenters. The van der Waals surface area contributed by atoms with Gasteiger partial charge in [0.15, 0.2) is 0 Å². The summed E-state index contributed by atoms with van der Waals surface area (Å²) in [5.74, 6) is 0. The van der Waals surface area contributed by atoms with E-state index < -0.39 is 15.5 Å².